The van der Waals surface area contributed by atoms with Gasteiger partial charge in [-0.15, -0.1) is 0 Å². The molecule has 0 unspecified atom stereocenters. The molecule has 0 fully saturated rings. The maximum absolute atomic E-state index is 5.29. The van der Waals surface area contributed by atoms with Crippen LogP contribution in [0.3, 0.4) is 0 Å². The third kappa shape index (κ3) is 4.97. The lowest BCUT2D eigenvalue weighted by molar-refractivity contribution is 0.143. The van der Waals surface area contributed by atoms with Crippen LogP contribution in [-0.2, 0) is 11.3 Å². The van der Waals surface area contributed by atoms with E-state index in [2.05, 4.69) is 17.4 Å². The van der Waals surface area contributed by atoms with Crippen molar-refractivity contribution in [3.05, 3.63) is 35.9 Å². The average molecular weight is 194 g/mol. The number of hydrogen-bond donors (Lipinski definition) is 2. The normalized spacial score (nSPS) is 10.4. The minimum Gasteiger partial charge on any atom is -0.379 e. The zero-order chi connectivity index (χ0) is 10.1. The van der Waals surface area contributed by atoms with Crippen LogP contribution in [0.15, 0.2) is 30.3 Å². The summed E-state index contributed by atoms with van der Waals surface area (Å²) in [4.78, 5) is 0. The van der Waals surface area contributed by atoms with Crippen LogP contribution >= 0.6 is 0 Å². The molecule has 0 spiro atoms. The van der Waals surface area contributed by atoms with Crippen LogP contribution < -0.4 is 11.1 Å². The molecule has 0 amide bonds. The summed E-state index contributed by atoms with van der Waals surface area (Å²) in [7, 11) is 0. The molecule has 3 N–H and O–H groups in total. The van der Waals surface area contributed by atoms with Crippen LogP contribution in [0, 0.1) is 0 Å². The van der Waals surface area contributed by atoms with Crippen molar-refractivity contribution in [1.82, 2.24) is 5.32 Å². The Morgan fingerprint density at radius 1 is 1.14 bits per heavy atom. The van der Waals surface area contributed by atoms with Gasteiger partial charge in [-0.25, -0.2) is 0 Å². The first-order valence-corrected chi connectivity index (χ1v) is 4.96. The maximum Gasteiger partial charge on any atom is 0.0591 e. The van der Waals surface area contributed by atoms with Crippen molar-refractivity contribution in [2.75, 3.05) is 26.3 Å². The predicted octanol–water partition coefficient (Wildman–Crippen LogP) is 0.752. The van der Waals surface area contributed by atoms with E-state index in [0.29, 0.717) is 13.2 Å². The van der Waals surface area contributed by atoms with Gasteiger partial charge in [0.2, 0.25) is 0 Å². The van der Waals surface area contributed by atoms with E-state index in [4.69, 9.17) is 10.5 Å². The fourth-order valence-corrected chi connectivity index (χ4v) is 1.16. The van der Waals surface area contributed by atoms with Crippen LogP contribution in [-0.4, -0.2) is 26.3 Å². The Kier molecular flexibility index (Phi) is 5.99. The Morgan fingerprint density at radius 3 is 2.64 bits per heavy atom. The van der Waals surface area contributed by atoms with E-state index < -0.39 is 0 Å². The quantitative estimate of drug-likeness (QED) is 0.630. The smallest absolute Gasteiger partial charge is 0.0591 e. The van der Waals surface area contributed by atoms with Crippen LogP contribution in [0.25, 0.3) is 0 Å². The maximum atomic E-state index is 5.29. The number of nitrogens with two attached hydrogens (primary N) is 1. The van der Waals surface area contributed by atoms with Crippen molar-refractivity contribution in [1.29, 1.82) is 0 Å². The standard InChI is InChI=1S/C11H18N2O/c12-6-8-14-9-7-13-10-11-4-2-1-3-5-11/h1-5,13H,6-10,12H2. The first-order valence-electron chi connectivity index (χ1n) is 4.96. The molecular formula is C11H18N2O. The summed E-state index contributed by atoms with van der Waals surface area (Å²) in [6.45, 7) is 3.73. The zero-order valence-corrected chi connectivity index (χ0v) is 8.41. The Labute approximate surface area is 85.3 Å². The monoisotopic (exact) mass is 194 g/mol. The molecule has 0 bridgehead atoms. The average Bonchev–Trinajstić information content (AvgIpc) is 2.25. The number of ether oxygens (including phenoxy) is 1. The molecule has 0 saturated heterocycles. The molecule has 0 aromatic heterocycles. The molecule has 0 radical (unpaired) electrons. The van der Waals surface area contributed by atoms with Gasteiger partial charge in [-0.05, 0) is 5.56 Å². The van der Waals surface area contributed by atoms with Gasteiger partial charge in [0.05, 0.1) is 13.2 Å². The molecule has 3 nitrogen and oxygen atoms in total. The summed E-state index contributed by atoms with van der Waals surface area (Å²) < 4.78 is 5.23. The van der Waals surface area contributed by atoms with Gasteiger partial charge in [0, 0.05) is 19.6 Å². The highest BCUT2D eigenvalue weighted by Gasteiger charge is 1.90. The SMILES string of the molecule is NCCOCCNCc1ccccc1. The fraction of sp³-hybridized carbons (Fsp3) is 0.455. The second-order valence-corrected chi connectivity index (χ2v) is 3.06. The third-order valence-corrected chi connectivity index (χ3v) is 1.86. The summed E-state index contributed by atoms with van der Waals surface area (Å²) >= 11 is 0. The predicted molar refractivity (Wildman–Crippen MR) is 58.0 cm³/mol. The van der Waals surface area contributed by atoms with Crippen molar-refractivity contribution in [2.45, 2.75) is 6.54 Å². The van der Waals surface area contributed by atoms with Crippen LogP contribution in [0.2, 0.25) is 0 Å². The summed E-state index contributed by atoms with van der Waals surface area (Å²) in [6, 6.07) is 10.3. The third-order valence-electron chi connectivity index (χ3n) is 1.86. The molecule has 1 aromatic rings. The lowest BCUT2D eigenvalue weighted by Crippen LogP contribution is -2.20. The largest absolute Gasteiger partial charge is 0.379 e. The highest BCUT2D eigenvalue weighted by atomic mass is 16.5. The Bertz CT molecular complexity index is 226. The van der Waals surface area contributed by atoms with Crippen molar-refractivity contribution in [3.8, 4) is 0 Å². The lowest BCUT2D eigenvalue weighted by Gasteiger charge is -2.05. The number of rotatable bonds is 7. The molecular weight excluding hydrogens is 176 g/mol. The molecule has 14 heavy (non-hydrogen) atoms. The van der Waals surface area contributed by atoms with Crippen LogP contribution in [0.1, 0.15) is 5.56 Å². The molecule has 1 rings (SSSR count). The number of hydrogen-bond acceptors (Lipinski definition) is 3. The van der Waals surface area contributed by atoms with E-state index in [1.54, 1.807) is 0 Å². The van der Waals surface area contributed by atoms with E-state index in [1.807, 2.05) is 18.2 Å². The topological polar surface area (TPSA) is 47.3 Å². The van der Waals surface area contributed by atoms with Gasteiger partial charge in [0.1, 0.15) is 0 Å². The highest BCUT2D eigenvalue weighted by Crippen LogP contribution is 1.96. The lowest BCUT2D eigenvalue weighted by atomic mass is 10.2. The van der Waals surface area contributed by atoms with Gasteiger partial charge in [0.25, 0.3) is 0 Å². The molecule has 0 saturated carbocycles. The van der Waals surface area contributed by atoms with E-state index in [0.717, 1.165) is 19.7 Å². The van der Waals surface area contributed by atoms with E-state index >= 15 is 0 Å². The second kappa shape index (κ2) is 7.50. The molecule has 0 aliphatic rings. The zero-order valence-electron chi connectivity index (χ0n) is 8.41. The van der Waals surface area contributed by atoms with Crippen LogP contribution in [0.5, 0.6) is 0 Å². The molecule has 0 heterocycles. The van der Waals surface area contributed by atoms with Gasteiger partial charge >= 0.3 is 0 Å². The minimum atomic E-state index is 0.596. The number of nitrogens with one attached hydrogen (secondary N) is 1. The Hall–Kier alpha value is -0.900. The molecule has 0 aliphatic heterocycles. The summed E-state index contributed by atoms with van der Waals surface area (Å²) in [5.74, 6) is 0. The molecule has 0 aliphatic carbocycles. The first-order chi connectivity index (χ1) is 6.93. The van der Waals surface area contributed by atoms with Crippen LogP contribution in [0.4, 0.5) is 0 Å². The number of benzene rings is 1. The van der Waals surface area contributed by atoms with Gasteiger partial charge in [-0.3, -0.25) is 0 Å². The molecule has 1 aromatic carbocycles. The Balaban J connectivity index is 1.99. The van der Waals surface area contributed by atoms with Gasteiger partial charge in [-0.2, -0.15) is 0 Å². The van der Waals surface area contributed by atoms with Crippen molar-refractivity contribution < 1.29 is 4.74 Å². The second-order valence-electron chi connectivity index (χ2n) is 3.06. The minimum absolute atomic E-state index is 0.596. The fourth-order valence-electron chi connectivity index (χ4n) is 1.16. The van der Waals surface area contributed by atoms with Gasteiger partial charge in [0.15, 0.2) is 0 Å². The van der Waals surface area contributed by atoms with Gasteiger partial charge in [-0.1, -0.05) is 30.3 Å². The molecule has 78 valence electrons. The van der Waals surface area contributed by atoms with E-state index in [1.165, 1.54) is 5.56 Å². The van der Waals surface area contributed by atoms with Crippen molar-refractivity contribution >= 4 is 0 Å². The highest BCUT2D eigenvalue weighted by molar-refractivity contribution is 5.14. The molecule has 3 heteroatoms. The van der Waals surface area contributed by atoms with E-state index in [-0.39, 0.29) is 0 Å². The summed E-state index contributed by atoms with van der Waals surface area (Å²) in [6.07, 6.45) is 0. The van der Waals surface area contributed by atoms with E-state index in [9.17, 15) is 0 Å². The first kappa shape index (κ1) is 11.2. The summed E-state index contributed by atoms with van der Waals surface area (Å²) in [5, 5.41) is 3.29. The van der Waals surface area contributed by atoms with Crippen molar-refractivity contribution in [3.63, 3.8) is 0 Å². The molecule has 0 atom stereocenters. The van der Waals surface area contributed by atoms with Crippen molar-refractivity contribution in [2.24, 2.45) is 5.73 Å². The summed E-state index contributed by atoms with van der Waals surface area (Å²) in [5.41, 5.74) is 6.59. The van der Waals surface area contributed by atoms with Gasteiger partial charge < -0.3 is 15.8 Å². The Morgan fingerprint density at radius 2 is 1.93 bits per heavy atom.